The molecule has 2 heterocycles. The molecular formula is C10H15BrN6O. The quantitative estimate of drug-likeness (QED) is 0.821. The minimum absolute atomic E-state index is 0.0718. The maximum absolute atomic E-state index is 5.08. The fraction of sp³-hybridized carbons (Fsp3) is 0.500. The second-order valence-electron chi connectivity index (χ2n) is 3.71. The molecule has 1 atom stereocenters. The first-order valence-electron chi connectivity index (χ1n) is 5.51. The van der Waals surface area contributed by atoms with Crippen LogP contribution in [0.1, 0.15) is 17.4 Å². The molecule has 7 nitrogen and oxygen atoms in total. The molecule has 8 heteroatoms. The van der Waals surface area contributed by atoms with Gasteiger partial charge in [0, 0.05) is 7.11 Å². The maximum atomic E-state index is 5.08. The number of aromatic nitrogens is 5. The summed E-state index contributed by atoms with van der Waals surface area (Å²) in [5, 5.41) is 18.1. The van der Waals surface area contributed by atoms with Gasteiger partial charge in [0.25, 0.3) is 0 Å². The van der Waals surface area contributed by atoms with Gasteiger partial charge < -0.3 is 10.1 Å². The van der Waals surface area contributed by atoms with E-state index in [2.05, 4.69) is 41.8 Å². The van der Waals surface area contributed by atoms with Crippen LogP contribution >= 0.6 is 15.9 Å². The van der Waals surface area contributed by atoms with Crippen molar-refractivity contribution in [3.8, 4) is 0 Å². The zero-order chi connectivity index (χ0) is 13.0. The van der Waals surface area contributed by atoms with E-state index >= 15 is 0 Å². The normalized spacial score (nSPS) is 12.8. The monoisotopic (exact) mass is 314 g/mol. The van der Waals surface area contributed by atoms with Crippen molar-refractivity contribution in [1.82, 2.24) is 30.5 Å². The van der Waals surface area contributed by atoms with Crippen LogP contribution in [-0.2, 0) is 11.3 Å². The average molecular weight is 315 g/mol. The van der Waals surface area contributed by atoms with E-state index in [4.69, 9.17) is 4.74 Å². The third-order valence-electron chi connectivity index (χ3n) is 2.63. The summed E-state index contributed by atoms with van der Waals surface area (Å²) < 4.78 is 7.91. The van der Waals surface area contributed by atoms with Crippen LogP contribution in [0.3, 0.4) is 0 Å². The number of rotatable bonds is 6. The van der Waals surface area contributed by atoms with Crippen molar-refractivity contribution < 1.29 is 4.74 Å². The van der Waals surface area contributed by atoms with Crippen LogP contribution in [0.15, 0.2) is 16.9 Å². The van der Waals surface area contributed by atoms with Gasteiger partial charge in [-0.1, -0.05) is 0 Å². The molecule has 98 valence electrons. The van der Waals surface area contributed by atoms with E-state index in [-0.39, 0.29) is 6.04 Å². The first kappa shape index (κ1) is 13.2. The predicted octanol–water partition coefficient (Wildman–Crippen LogP) is 0.719. The van der Waals surface area contributed by atoms with Crippen LogP contribution in [0.2, 0.25) is 0 Å². The molecule has 0 saturated heterocycles. The number of nitrogens with zero attached hydrogens (tertiary/aromatic N) is 4. The van der Waals surface area contributed by atoms with Crippen LogP contribution in [0.5, 0.6) is 0 Å². The Morgan fingerprint density at radius 2 is 2.39 bits per heavy atom. The summed E-state index contributed by atoms with van der Waals surface area (Å²) in [5.74, 6) is 0. The molecule has 2 aromatic heterocycles. The predicted molar refractivity (Wildman–Crippen MR) is 69.1 cm³/mol. The topological polar surface area (TPSA) is 80.7 Å². The van der Waals surface area contributed by atoms with Crippen LogP contribution < -0.4 is 5.32 Å². The summed E-state index contributed by atoms with van der Waals surface area (Å²) in [6.45, 7) is 1.30. The Kier molecular flexibility index (Phi) is 4.45. The highest BCUT2D eigenvalue weighted by Crippen LogP contribution is 2.26. The molecular weight excluding hydrogens is 300 g/mol. The van der Waals surface area contributed by atoms with Crippen LogP contribution in [-0.4, -0.2) is 46.0 Å². The summed E-state index contributed by atoms with van der Waals surface area (Å²) in [6.07, 6.45) is 3.47. The van der Waals surface area contributed by atoms with Crippen molar-refractivity contribution in [1.29, 1.82) is 0 Å². The SMILES string of the molecule is CNC(c1cn[nH]n1)c1c(Br)cnn1CCOC. The minimum atomic E-state index is -0.0718. The second-order valence-corrected chi connectivity index (χ2v) is 4.56. The third kappa shape index (κ3) is 2.60. The highest BCUT2D eigenvalue weighted by Gasteiger charge is 2.22. The van der Waals surface area contributed by atoms with E-state index in [0.29, 0.717) is 13.2 Å². The molecule has 2 aromatic rings. The standard InChI is InChI=1S/C10H15BrN6O/c1-12-9(8-6-13-16-15-8)10-7(11)5-14-17(10)3-4-18-2/h5-6,9,12H,3-4H2,1-2H3,(H,13,15,16). The summed E-state index contributed by atoms with van der Waals surface area (Å²) >= 11 is 3.51. The molecule has 2 N–H and O–H groups in total. The Bertz CT molecular complexity index is 483. The molecule has 1 unspecified atom stereocenters. The fourth-order valence-electron chi connectivity index (χ4n) is 1.79. The van der Waals surface area contributed by atoms with Crippen LogP contribution in [0.25, 0.3) is 0 Å². The Morgan fingerprint density at radius 3 is 3.00 bits per heavy atom. The van der Waals surface area contributed by atoms with Gasteiger partial charge in [0.05, 0.1) is 41.8 Å². The lowest BCUT2D eigenvalue weighted by Gasteiger charge is -2.16. The van der Waals surface area contributed by atoms with Crippen LogP contribution in [0.4, 0.5) is 0 Å². The first-order chi connectivity index (χ1) is 8.77. The molecule has 0 aliphatic carbocycles. The first-order valence-corrected chi connectivity index (χ1v) is 6.30. The Labute approximate surface area is 113 Å². The molecule has 0 aromatic carbocycles. The van der Waals surface area contributed by atoms with E-state index in [1.165, 1.54) is 0 Å². The highest BCUT2D eigenvalue weighted by molar-refractivity contribution is 9.10. The largest absolute Gasteiger partial charge is 0.383 e. The van der Waals surface area contributed by atoms with E-state index < -0.39 is 0 Å². The van der Waals surface area contributed by atoms with Crippen molar-refractivity contribution in [2.45, 2.75) is 12.6 Å². The van der Waals surface area contributed by atoms with Gasteiger partial charge >= 0.3 is 0 Å². The molecule has 2 rings (SSSR count). The maximum Gasteiger partial charge on any atom is 0.105 e. The van der Waals surface area contributed by atoms with E-state index in [1.54, 1.807) is 19.5 Å². The van der Waals surface area contributed by atoms with Gasteiger partial charge in [0.15, 0.2) is 0 Å². The zero-order valence-corrected chi connectivity index (χ0v) is 11.8. The van der Waals surface area contributed by atoms with Crippen molar-refractivity contribution >= 4 is 15.9 Å². The van der Waals surface area contributed by atoms with Gasteiger partial charge in [-0.3, -0.25) is 4.68 Å². The van der Waals surface area contributed by atoms with Gasteiger partial charge in [-0.25, -0.2) is 0 Å². The highest BCUT2D eigenvalue weighted by atomic mass is 79.9. The third-order valence-corrected chi connectivity index (χ3v) is 3.24. The van der Waals surface area contributed by atoms with Gasteiger partial charge in [0.2, 0.25) is 0 Å². The van der Waals surface area contributed by atoms with Gasteiger partial charge in [0.1, 0.15) is 5.69 Å². The number of H-pyrrole nitrogens is 1. The van der Waals surface area contributed by atoms with Crippen molar-refractivity contribution in [2.75, 3.05) is 20.8 Å². The number of hydrogen-bond donors (Lipinski definition) is 2. The van der Waals surface area contributed by atoms with Gasteiger partial charge in [-0.05, 0) is 23.0 Å². The van der Waals surface area contributed by atoms with E-state index in [0.717, 1.165) is 15.9 Å². The van der Waals surface area contributed by atoms with Crippen LogP contribution in [0, 0.1) is 0 Å². The molecule has 0 saturated carbocycles. The number of halogens is 1. The molecule has 0 spiro atoms. The lowest BCUT2D eigenvalue weighted by Crippen LogP contribution is -2.23. The lowest BCUT2D eigenvalue weighted by atomic mass is 10.1. The van der Waals surface area contributed by atoms with E-state index in [1.807, 2.05) is 11.7 Å². The minimum Gasteiger partial charge on any atom is -0.383 e. The van der Waals surface area contributed by atoms with Gasteiger partial charge in [-0.2, -0.15) is 20.5 Å². The molecule has 18 heavy (non-hydrogen) atoms. The number of ether oxygens (including phenoxy) is 1. The average Bonchev–Trinajstić information content (AvgIpc) is 3.00. The molecule has 0 fully saturated rings. The Balaban J connectivity index is 2.32. The summed E-state index contributed by atoms with van der Waals surface area (Å²) in [6, 6.07) is -0.0718. The van der Waals surface area contributed by atoms with E-state index in [9.17, 15) is 0 Å². The second kappa shape index (κ2) is 6.07. The molecule has 0 radical (unpaired) electrons. The summed E-state index contributed by atoms with van der Waals surface area (Å²) in [4.78, 5) is 0. The Morgan fingerprint density at radius 1 is 1.56 bits per heavy atom. The summed E-state index contributed by atoms with van der Waals surface area (Å²) in [5.41, 5.74) is 1.82. The van der Waals surface area contributed by atoms with Crippen molar-refractivity contribution in [3.63, 3.8) is 0 Å². The zero-order valence-electron chi connectivity index (χ0n) is 10.2. The smallest absolute Gasteiger partial charge is 0.105 e. The lowest BCUT2D eigenvalue weighted by molar-refractivity contribution is 0.182. The number of hydrogen-bond acceptors (Lipinski definition) is 5. The fourth-order valence-corrected chi connectivity index (χ4v) is 2.31. The number of methoxy groups -OCH3 is 1. The number of nitrogens with one attached hydrogen (secondary N) is 2. The Hall–Kier alpha value is -1.25. The van der Waals surface area contributed by atoms with Gasteiger partial charge in [-0.15, -0.1) is 0 Å². The van der Waals surface area contributed by atoms with Crippen molar-refractivity contribution in [3.05, 3.63) is 28.3 Å². The molecule has 0 amide bonds. The molecule has 0 aliphatic rings. The molecule has 0 bridgehead atoms. The van der Waals surface area contributed by atoms with Crippen molar-refractivity contribution in [2.24, 2.45) is 0 Å². The summed E-state index contributed by atoms with van der Waals surface area (Å²) in [7, 11) is 3.55. The number of aromatic amines is 1. The molecule has 0 aliphatic heterocycles.